The molecule has 1 N–H and O–H groups in total. The molecule has 0 unspecified atom stereocenters. The van der Waals surface area contributed by atoms with Crippen LogP contribution in [0, 0.1) is 22.0 Å². The molecule has 1 saturated heterocycles. The number of pyridine rings is 1. The summed E-state index contributed by atoms with van der Waals surface area (Å²) in [6.45, 7) is 8.26. The first-order valence-corrected chi connectivity index (χ1v) is 21.1. The van der Waals surface area contributed by atoms with Gasteiger partial charge in [-0.3, -0.25) is 19.9 Å². The van der Waals surface area contributed by atoms with Gasteiger partial charge in [0.05, 0.1) is 22.2 Å². The summed E-state index contributed by atoms with van der Waals surface area (Å²) in [5.41, 5.74) is 1.07. The Balaban J connectivity index is 1.54. The van der Waals surface area contributed by atoms with Crippen LogP contribution in [0.25, 0.3) is 11.3 Å². The minimum absolute atomic E-state index is 0.00450. The smallest absolute Gasteiger partial charge is 0.329 e. The number of esters is 2. The zero-order valence-corrected chi connectivity index (χ0v) is 34.3. The molecule has 0 aliphatic carbocycles. The Morgan fingerprint density at radius 3 is 2.28 bits per heavy atom. The number of nitro groups is 1. The largest absolute Gasteiger partial charge is 0.461 e. The van der Waals surface area contributed by atoms with Crippen molar-refractivity contribution in [2.75, 3.05) is 4.90 Å². The Bertz CT molecular complexity index is 1710. The second-order valence-electron chi connectivity index (χ2n) is 15.6. The number of non-ortho nitro benzene ring substituents is 1. The number of carbonyl (C=O) groups is 3. The van der Waals surface area contributed by atoms with Crippen LogP contribution >= 0.6 is 0 Å². The van der Waals surface area contributed by atoms with Gasteiger partial charge in [0.1, 0.15) is 18.2 Å². The maximum absolute atomic E-state index is 14.4. The van der Waals surface area contributed by atoms with Crippen molar-refractivity contribution in [1.82, 2.24) is 20.3 Å². The number of nitro benzene ring substituents is 1. The molecule has 4 rings (SSSR count). The Hall–Kier alpha value is -4.94. The van der Waals surface area contributed by atoms with Crippen molar-refractivity contribution in [2.45, 2.75) is 155 Å². The molecule has 2 amide bonds. The molecule has 1 aliphatic heterocycles. The van der Waals surface area contributed by atoms with Crippen LogP contribution < -0.4 is 10.2 Å². The van der Waals surface area contributed by atoms with Crippen LogP contribution in [0.5, 0.6) is 0 Å². The lowest BCUT2D eigenvalue weighted by molar-refractivity contribution is -0.384. The number of ether oxygens (including phenoxy) is 2. The lowest BCUT2D eigenvalue weighted by Gasteiger charge is -2.37. The van der Waals surface area contributed by atoms with Gasteiger partial charge in [0.2, 0.25) is 5.95 Å². The van der Waals surface area contributed by atoms with Crippen LogP contribution in [0.1, 0.15) is 137 Å². The maximum Gasteiger partial charge on any atom is 0.329 e. The van der Waals surface area contributed by atoms with Crippen molar-refractivity contribution >= 4 is 35.3 Å². The molecule has 0 saturated carbocycles. The van der Waals surface area contributed by atoms with Gasteiger partial charge < -0.3 is 14.8 Å². The van der Waals surface area contributed by atoms with Crippen molar-refractivity contribution in [3.63, 3.8) is 0 Å². The van der Waals surface area contributed by atoms with E-state index in [1.165, 1.54) is 62.9 Å². The summed E-state index contributed by atoms with van der Waals surface area (Å²) >= 11 is 0. The normalized spacial score (nSPS) is 16.0. The number of carbonyl (C=O) groups excluding carboxylic acids is 3. The van der Waals surface area contributed by atoms with E-state index in [1.54, 1.807) is 30.6 Å². The number of unbranched alkanes of at least 4 members (excludes halogenated alkanes) is 11. The van der Waals surface area contributed by atoms with Crippen molar-refractivity contribution in [3.8, 4) is 11.3 Å². The minimum Gasteiger partial charge on any atom is -0.461 e. The molecule has 2 aromatic heterocycles. The van der Waals surface area contributed by atoms with Gasteiger partial charge in [0.15, 0.2) is 0 Å². The van der Waals surface area contributed by atoms with Gasteiger partial charge in [-0.1, -0.05) is 111 Å². The van der Waals surface area contributed by atoms with Gasteiger partial charge in [-0.05, 0) is 55.9 Å². The third-order valence-corrected chi connectivity index (χ3v) is 10.4. The molecule has 1 aliphatic rings. The number of aromatic nitrogens is 3. The zero-order valence-electron chi connectivity index (χ0n) is 34.3. The summed E-state index contributed by atoms with van der Waals surface area (Å²) in [6.07, 6.45) is 20.6. The number of anilines is 2. The molecule has 0 spiro atoms. The van der Waals surface area contributed by atoms with E-state index in [0.29, 0.717) is 24.1 Å². The van der Waals surface area contributed by atoms with Crippen LogP contribution in [0.2, 0.25) is 0 Å². The van der Waals surface area contributed by atoms with Crippen molar-refractivity contribution in [1.29, 1.82) is 0 Å². The van der Waals surface area contributed by atoms with E-state index in [-0.39, 0.29) is 47.7 Å². The fourth-order valence-corrected chi connectivity index (χ4v) is 7.22. The van der Waals surface area contributed by atoms with E-state index in [4.69, 9.17) is 9.47 Å². The summed E-state index contributed by atoms with van der Waals surface area (Å²) in [5, 5.41) is 14.6. The Labute approximate surface area is 337 Å². The van der Waals surface area contributed by atoms with E-state index in [1.807, 2.05) is 19.9 Å². The molecule has 0 radical (unpaired) electrons. The molecule has 13 heteroatoms. The maximum atomic E-state index is 14.4. The van der Waals surface area contributed by atoms with Gasteiger partial charge in [-0.25, -0.2) is 24.5 Å². The van der Waals surface area contributed by atoms with Gasteiger partial charge in [0.25, 0.3) is 5.69 Å². The van der Waals surface area contributed by atoms with E-state index >= 15 is 0 Å². The molecule has 1 aromatic carbocycles. The lowest BCUT2D eigenvalue weighted by atomic mass is 9.86. The number of amides is 2. The molecule has 3 heterocycles. The fraction of sp³-hybridized carbons (Fsp3) is 0.591. The summed E-state index contributed by atoms with van der Waals surface area (Å²) in [7, 11) is 0. The monoisotopic (exact) mass is 786 g/mol. The Morgan fingerprint density at radius 1 is 0.930 bits per heavy atom. The fourth-order valence-electron chi connectivity index (χ4n) is 7.22. The van der Waals surface area contributed by atoms with Gasteiger partial charge in [-0.2, -0.15) is 0 Å². The molecule has 0 bridgehead atoms. The third-order valence-electron chi connectivity index (χ3n) is 10.4. The van der Waals surface area contributed by atoms with E-state index in [0.717, 1.165) is 56.3 Å². The highest BCUT2D eigenvalue weighted by molar-refractivity contribution is 6.00. The molecular formula is C44H62N6O7. The summed E-state index contributed by atoms with van der Waals surface area (Å²) in [4.78, 5) is 66.5. The van der Waals surface area contributed by atoms with Crippen LogP contribution in [-0.4, -0.2) is 56.1 Å². The number of rotatable bonds is 26. The molecule has 1 fully saturated rings. The predicted molar refractivity (Wildman–Crippen MR) is 221 cm³/mol. The topological polar surface area (TPSA) is 167 Å². The highest BCUT2D eigenvalue weighted by Crippen LogP contribution is 2.33. The highest BCUT2D eigenvalue weighted by Gasteiger charge is 2.43. The number of hydrogen-bond acceptors (Lipinski definition) is 10. The number of benzene rings is 1. The summed E-state index contributed by atoms with van der Waals surface area (Å²) < 4.78 is 11.9. The lowest BCUT2D eigenvalue weighted by Crippen LogP contribution is -2.50. The number of hydrogen-bond donors (Lipinski definition) is 1. The number of urea groups is 1. The van der Waals surface area contributed by atoms with Crippen molar-refractivity contribution < 1.29 is 28.8 Å². The Morgan fingerprint density at radius 2 is 1.63 bits per heavy atom. The first-order valence-electron chi connectivity index (χ1n) is 21.1. The van der Waals surface area contributed by atoms with E-state index in [2.05, 4.69) is 34.1 Å². The summed E-state index contributed by atoms with van der Waals surface area (Å²) in [6, 6.07) is 9.04. The number of cyclic esters (lactones) is 1. The Kier molecular flexibility index (Phi) is 18.8. The average Bonchev–Trinajstić information content (AvgIpc) is 3.20. The molecular weight excluding hydrogens is 725 g/mol. The molecule has 310 valence electrons. The zero-order chi connectivity index (χ0) is 41.0. The second kappa shape index (κ2) is 24.0. The van der Waals surface area contributed by atoms with E-state index < -0.39 is 29.1 Å². The number of nitrogens with zero attached hydrogens (tertiary/aromatic N) is 5. The number of nitrogens with one attached hydrogen (secondary N) is 1. The van der Waals surface area contributed by atoms with Gasteiger partial charge >= 0.3 is 18.0 Å². The molecule has 4 atom stereocenters. The van der Waals surface area contributed by atoms with E-state index in [9.17, 15) is 24.5 Å². The molecule has 57 heavy (non-hydrogen) atoms. The third kappa shape index (κ3) is 14.5. The quantitative estimate of drug-likeness (QED) is 0.0358. The average molecular weight is 787 g/mol. The first-order chi connectivity index (χ1) is 27.6. The van der Waals surface area contributed by atoms with Gasteiger partial charge in [0, 0.05) is 42.7 Å². The van der Waals surface area contributed by atoms with Crippen LogP contribution in [0.3, 0.4) is 0 Å². The van der Waals surface area contributed by atoms with Crippen LogP contribution in [-0.2, 0) is 19.1 Å². The van der Waals surface area contributed by atoms with Crippen LogP contribution in [0.4, 0.5) is 22.1 Å². The predicted octanol–water partition coefficient (Wildman–Crippen LogP) is 10.4. The molecule has 13 nitrogen and oxygen atoms in total. The first kappa shape index (κ1) is 44.8. The minimum atomic E-state index is -1.06. The van der Waals surface area contributed by atoms with Crippen molar-refractivity contribution in [3.05, 3.63) is 71.2 Å². The summed E-state index contributed by atoms with van der Waals surface area (Å²) in [5.74, 6) is -1.04. The van der Waals surface area contributed by atoms with Crippen LogP contribution in [0.15, 0.2) is 61.1 Å². The second-order valence-corrected chi connectivity index (χ2v) is 15.6. The molecule has 3 aromatic rings. The standard InChI is InChI=1S/C44H62N6O7/c1-5-7-9-11-12-13-14-15-16-23-36(30-40-37(41(51)57-40)24-17-10-8-6-2)56-42(52)39(28-32(3)4)48-44(53)49(34-21-18-22-35(29-34)50(54)55)43-46-27-25-38(47-43)33-20-19-26-45-31-33/h18-22,25-27,29,31-32,36-37,39-40H,5-17,23-24,28,30H2,1-4H3,(H,48,53)/t36-,37-,39-,40-/m0/s1. The van der Waals surface area contributed by atoms with Crippen molar-refractivity contribution in [2.24, 2.45) is 11.8 Å². The SMILES string of the molecule is CCCCCCCCCCC[C@@H](C[C@@H]1OC(=O)[C@H]1CCCCCC)OC(=O)[C@H](CC(C)C)NC(=O)N(c1cccc([N+](=O)[O-])c1)c1nccc(-c2cccnc2)n1. The van der Waals surface area contributed by atoms with Gasteiger partial charge in [-0.15, -0.1) is 0 Å². The highest BCUT2D eigenvalue weighted by atomic mass is 16.6.